The molecule has 0 radical (unpaired) electrons. The number of ether oxygens (including phenoxy) is 1. The number of nitrogens with one attached hydrogen (secondary N) is 2. The van der Waals surface area contributed by atoms with Crippen molar-refractivity contribution in [2.45, 2.75) is 0 Å². The molecule has 19 heavy (non-hydrogen) atoms. The highest BCUT2D eigenvalue weighted by atomic mass is 79.9. The molecule has 1 heterocycles. The summed E-state index contributed by atoms with van der Waals surface area (Å²) in [4.78, 5) is 8.12. The van der Waals surface area contributed by atoms with Gasteiger partial charge in [0, 0.05) is 5.69 Å². The van der Waals surface area contributed by atoms with Crippen LogP contribution in [0.5, 0.6) is 5.75 Å². The van der Waals surface area contributed by atoms with E-state index < -0.39 is 0 Å². The van der Waals surface area contributed by atoms with Crippen molar-refractivity contribution in [2.24, 2.45) is 5.84 Å². The van der Waals surface area contributed by atoms with Gasteiger partial charge in [0.2, 0.25) is 0 Å². The minimum Gasteiger partial charge on any atom is -0.496 e. The highest BCUT2D eigenvalue weighted by Crippen LogP contribution is 2.32. The van der Waals surface area contributed by atoms with Gasteiger partial charge in [-0.2, -0.15) is 0 Å². The van der Waals surface area contributed by atoms with Crippen molar-refractivity contribution in [1.82, 2.24) is 9.97 Å². The Hall–Kier alpha value is -1.38. The van der Waals surface area contributed by atoms with Crippen LogP contribution in [0.3, 0.4) is 0 Å². The minimum atomic E-state index is 0.505. The predicted octanol–water partition coefficient (Wildman–Crippen LogP) is 3.04. The van der Waals surface area contributed by atoms with Crippen LogP contribution in [0.25, 0.3) is 0 Å². The van der Waals surface area contributed by atoms with E-state index >= 15 is 0 Å². The molecule has 100 valence electrons. The first kappa shape index (κ1) is 14.0. The van der Waals surface area contributed by atoms with Gasteiger partial charge in [-0.15, -0.1) is 0 Å². The fraction of sp³-hybridized carbons (Fsp3) is 0.0909. The molecule has 0 aliphatic heterocycles. The fourth-order valence-electron chi connectivity index (χ4n) is 1.44. The number of nitrogens with two attached hydrogens (primary N) is 1. The minimum absolute atomic E-state index is 0.505. The van der Waals surface area contributed by atoms with E-state index in [1.165, 1.54) is 6.33 Å². The quantitative estimate of drug-likeness (QED) is 0.551. The second-order valence-electron chi connectivity index (χ2n) is 3.50. The van der Waals surface area contributed by atoms with Gasteiger partial charge in [-0.25, -0.2) is 15.8 Å². The molecule has 0 unspecified atom stereocenters. The van der Waals surface area contributed by atoms with Gasteiger partial charge in [-0.1, -0.05) is 0 Å². The van der Waals surface area contributed by atoms with Crippen LogP contribution in [0, 0.1) is 0 Å². The van der Waals surface area contributed by atoms with Crippen molar-refractivity contribution in [3.05, 3.63) is 33.5 Å². The standard InChI is InChI=1S/C11H11Br2N5O/c1-19-8-3-2-6(4-7(8)12)17-10-9(13)11(18-14)16-5-15-10/h2-5H,14H2,1H3,(H2,15,16,17,18). The van der Waals surface area contributed by atoms with Crippen LogP contribution in [0.4, 0.5) is 17.3 Å². The lowest BCUT2D eigenvalue weighted by Gasteiger charge is -2.11. The van der Waals surface area contributed by atoms with E-state index in [9.17, 15) is 0 Å². The molecule has 0 saturated carbocycles. The Balaban J connectivity index is 2.29. The predicted molar refractivity (Wildman–Crippen MR) is 81.5 cm³/mol. The number of hydrazine groups is 1. The molecule has 0 amide bonds. The highest BCUT2D eigenvalue weighted by molar-refractivity contribution is 9.11. The van der Waals surface area contributed by atoms with E-state index in [2.05, 4.69) is 52.6 Å². The zero-order valence-electron chi connectivity index (χ0n) is 9.95. The number of hydrogen-bond donors (Lipinski definition) is 3. The summed E-state index contributed by atoms with van der Waals surface area (Å²) in [5.74, 6) is 7.23. The third kappa shape index (κ3) is 3.14. The monoisotopic (exact) mass is 387 g/mol. The maximum absolute atomic E-state index is 5.35. The Morgan fingerprint density at radius 2 is 1.95 bits per heavy atom. The molecule has 1 aromatic carbocycles. The van der Waals surface area contributed by atoms with Crippen LogP contribution in [-0.4, -0.2) is 17.1 Å². The van der Waals surface area contributed by atoms with Crippen molar-refractivity contribution in [3.8, 4) is 5.75 Å². The topological polar surface area (TPSA) is 85.1 Å². The van der Waals surface area contributed by atoms with Gasteiger partial charge in [-0.05, 0) is 50.1 Å². The van der Waals surface area contributed by atoms with Gasteiger partial charge in [-0.3, -0.25) is 0 Å². The summed E-state index contributed by atoms with van der Waals surface area (Å²) in [6.07, 6.45) is 1.42. The lowest BCUT2D eigenvalue weighted by atomic mass is 10.3. The number of aromatic nitrogens is 2. The van der Waals surface area contributed by atoms with E-state index in [-0.39, 0.29) is 0 Å². The van der Waals surface area contributed by atoms with Crippen molar-refractivity contribution in [3.63, 3.8) is 0 Å². The van der Waals surface area contributed by atoms with Crippen molar-refractivity contribution < 1.29 is 4.74 Å². The van der Waals surface area contributed by atoms with Gasteiger partial charge < -0.3 is 15.5 Å². The Bertz CT molecular complexity index is 593. The molecular weight excluding hydrogens is 378 g/mol. The average molecular weight is 389 g/mol. The molecule has 1 aromatic heterocycles. The number of rotatable bonds is 4. The number of nitrogen functional groups attached to an aromatic ring is 1. The third-order valence-corrected chi connectivity index (χ3v) is 3.71. The summed E-state index contributed by atoms with van der Waals surface area (Å²) in [6.45, 7) is 0. The van der Waals surface area contributed by atoms with Gasteiger partial charge >= 0.3 is 0 Å². The van der Waals surface area contributed by atoms with Crippen molar-refractivity contribution in [1.29, 1.82) is 0 Å². The molecule has 6 nitrogen and oxygen atoms in total. The summed E-state index contributed by atoms with van der Waals surface area (Å²) in [5, 5.41) is 3.16. The summed E-state index contributed by atoms with van der Waals surface area (Å²) < 4.78 is 6.68. The molecule has 4 N–H and O–H groups in total. The summed E-state index contributed by atoms with van der Waals surface area (Å²) in [7, 11) is 1.62. The van der Waals surface area contributed by atoms with Crippen LogP contribution in [0.15, 0.2) is 33.5 Å². The lowest BCUT2D eigenvalue weighted by molar-refractivity contribution is 0.412. The Morgan fingerprint density at radius 3 is 2.58 bits per heavy atom. The number of benzene rings is 1. The van der Waals surface area contributed by atoms with E-state index in [1.807, 2.05) is 18.2 Å². The Morgan fingerprint density at radius 1 is 1.21 bits per heavy atom. The van der Waals surface area contributed by atoms with Gasteiger partial charge in [0.25, 0.3) is 0 Å². The largest absolute Gasteiger partial charge is 0.496 e. The number of nitrogens with zero attached hydrogens (tertiary/aromatic N) is 2. The van der Waals surface area contributed by atoms with Crippen LogP contribution in [0.2, 0.25) is 0 Å². The summed E-state index contributed by atoms with van der Waals surface area (Å²) >= 11 is 6.80. The molecule has 0 fully saturated rings. The zero-order chi connectivity index (χ0) is 13.8. The molecule has 0 aliphatic carbocycles. The van der Waals surface area contributed by atoms with E-state index in [0.717, 1.165) is 15.9 Å². The van der Waals surface area contributed by atoms with E-state index in [0.29, 0.717) is 16.1 Å². The number of hydrogen-bond acceptors (Lipinski definition) is 6. The summed E-state index contributed by atoms with van der Waals surface area (Å²) in [5.41, 5.74) is 3.34. The van der Waals surface area contributed by atoms with Crippen molar-refractivity contribution >= 4 is 49.2 Å². The molecule has 0 bridgehead atoms. The third-order valence-electron chi connectivity index (χ3n) is 2.34. The van der Waals surface area contributed by atoms with Crippen LogP contribution in [0.1, 0.15) is 0 Å². The molecule has 8 heteroatoms. The van der Waals surface area contributed by atoms with Gasteiger partial charge in [0.15, 0.2) is 5.82 Å². The maximum atomic E-state index is 5.35. The number of methoxy groups -OCH3 is 1. The number of anilines is 3. The first-order chi connectivity index (χ1) is 9.15. The first-order valence-corrected chi connectivity index (χ1v) is 6.82. The molecule has 0 saturated heterocycles. The van der Waals surface area contributed by atoms with Crippen LogP contribution < -0.4 is 21.3 Å². The number of halogens is 2. The van der Waals surface area contributed by atoms with E-state index in [1.54, 1.807) is 7.11 Å². The molecular formula is C11H11Br2N5O. The molecule has 0 atom stereocenters. The lowest BCUT2D eigenvalue weighted by Crippen LogP contribution is -2.10. The van der Waals surface area contributed by atoms with Gasteiger partial charge in [0.1, 0.15) is 22.4 Å². The first-order valence-electron chi connectivity index (χ1n) is 5.23. The zero-order valence-corrected chi connectivity index (χ0v) is 13.1. The Labute approximate surface area is 127 Å². The second-order valence-corrected chi connectivity index (χ2v) is 5.15. The SMILES string of the molecule is COc1ccc(Nc2ncnc(NN)c2Br)cc1Br. The Kier molecular flexibility index (Phi) is 4.56. The molecule has 0 spiro atoms. The van der Waals surface area contributed by atoms with Crippen LogP contribution in [-0.2, 0) is 0 Å². The maximum Gasteiger partial charge on any atom is 0.159 e. The molecule has 2 rings (SSSR count). The van der Waals surface area contributed by atoms with Crippen molar-refractivity contribution in [2.75, 3.05) is 17.9 Å². The normalized spacial score (nSPS) is 10.1. The summed E-state index contributed by atoms with van der Waals surface area (Å²) in [6, 6.07) is 5.63. The van der Waals surface area contributed by atoms with Gasteiger partial charge in [0.05, 0.1) is 11.6 Å². The fourth-order valence-corrected chi connectivity index (χ4v) is 2.40. The molecule has 2 aromatic rings. The van der Waals surface area contributed by atoms with E-state index in [4.69, 9.17) is 10.6 Å². The average Bonchev–Trinajstić information content (AvgIpc) is 2.41. The van der Waals surface area contributed by atoms with Crippen LogP contribution >= 0.6 is 31.9 Å². The highest BCUT2D eigenvalue weighted by Gasteiger charge is 2.09. The second kappa shape index (κ2) is 6.18. The molecule has 0 aliphatic rings. The smallest absolute Gasteiger partial charge is 0.159 e.